The Labute approximate surface area is 162 Å². The zero-order valence-electron chi connectivity index (χ0n) is 16.7. The lowest BCUT2D eigenvalue weighted by atomic mass is 9.78. The van der Waals surface area contributed by atoms with Crippen molar-refractivity contribution in [3.8, 4) is 5.75 Å². The van der Waals surface area contributed by atoms with Gasteiger partial charge in [-0.15, -0.1) is 0 Å². The first-order valence-electron chi connectivity index (χ1n) is 8.83. The third-order valence-corrected chi connectivity index (χ3v) is 4.73. The predicted molar refractivity (Wildman–Crippen MR) is 113 cm³/mol. The lowest BCUT2D eigenvalue weighted by Crippen LogP contribution is -2.17. The first kappa shape index (κ1) is 20.3. The number of nitrogens with one attached hydrogen (secondary N) is 1. The SMILES string of the molecule is Cc1ccc(N/N=C/c2cc(C(C)(C)C)c(O)c(C(C)(C)C)c2)cc1Cl. The van der Waals surface area contributed by atoms with Crippen molar-refractivity contribution in [3.05, 3.63) is 57.6 Å². The number of rotatable bonds is 3. The quantitative estimate of drug-likeness (QED) is 0.484. The molecule has 0 unspecified atom stereocenters. The average Bonchev–Trinajstić information content (AvgIpc) is 2.50. The molecule has 0 fully saturated rings. The topological polar surface area (TPSA) is 44.6 Å². The normalized spacial score (nSPS) is 12.6. The van der Waals surface area contributed by atoms with Gasteiger partial charge in [0, 0.05) is 16.1 Å². The summed E-state index contributed by atoms with van der Waals surface area (Å²) in [7, 11) is 0. The average molecular weight is 373 g/mol. The highest BCUT2D eigenvalue weighted by atomic mass is 35.5. The number of anilines is 1. The molecule has 26 heavy (non-hydrogen) atoms. The van der Waals surface area contributed by atoms with Crippen LogP contribution in [0.2, 0.25) is 5.02 Å². The fourth-order valence-electron chi connectivity index (χ4n) is 2.72. The standard InChI is InChI=1S/C22H29ClN2O/c1-14-8-9-16(12-19(14)23)25-24-13-15-10-17(21(2,3)4)20(26)18(11-15)22(5,6)7/h8-13,25-26H,1-7H3/b24-13+. The van der Waals surface area contributed by atoms with Gasteiger partial charge in [-0.05, 0) is 53.1 Å². The number of nitrogens with zero attached hydrogens (tertiary/aromatic N) is 1. The first-order valence-corrected chi connectivity index (χ1v) is 9.20. The minimum absolute atomic E-state index is 0.161. The van der Waals surface area contributed by atoms with Gasteiger partial charge in [-0.2, -0.15) is 5.10 Å². The molecule has 0 aliphatic heterocycles. The van der Waals surface area contributed by atoms with Crippen LogP contribution in [-0.4, -0.2) is 11.3 Å². The molecule has 2 aromatic carbocycles. The third kappa shape index (κ3) is 4.79. The van der Waals surface area contributed by atoms with E-state index in [1.165, 1.54) is 0 Å². The van der Waals surface area contributed by atoms with Gasteiger partial charge in [-0.3, -0.25) is 5.43 Å². The fourth-order valence-corrected chi connectivity index (χ4v) is 2.90. The van der Waals surface area contributed by atoms with E-state index in [1.54, 1.807) is 6.21 Å². The smallest absolute Gasteiger partial charge is 0.123 e. The Hall–Kier alpha value is -2.00. The van der Waals surface area contributed by atoms with Crippen molar-refractivity contribution in [3.63, 3.8) is 0 Å². The number of aryl methyl sites for hydroxylation is 1. The lowest BCUT2D eigenvalue weighted by Gasteiger charge is -2.27. The number of phenols is 1. The summed E-state index contributed by atoms with van der Waals surface area (Å²) in [6, 6.07) is 9.74. The molecule has 0 atom stereocenters. The van der Waals surface area contributed by atoms with E-state index in [2.05, 4.69) is 52.1 Å². The zero-order valence-corrected chi connectivity index (χ0v) is 17.5. The van der Waals surface area contributed by atoms with Crippen molar-refractivity contribution in [1.29, 1.82) is 0 Å². The number of hydrazone groups is 1. The molecular weight excluding hydrogens is 344 g/mol. The largest absolute Gasteiger partial charge is 0.507 e. The molecule has 0 amide bonds. The highest BCUT2D eigenvalue weighted by Crippen LogP contribution is 2.39. The molecular formula is C22H29ClN2O. The van der Waals surface area contributed by atoms with E-state index in [1.807, 2.05) is 37.3 Å². The predicted octanol–water partition coefficient (Wildman–Crippen LogP) is 6.40. The molecule has 2 N–H and O–H groups in total. The van der Waals surface area contributed by atoms with E-state index < -0.39 is 0 Å². The number of hydrogen-bond donors (Lipinski definition) is 2. The molecule has 0 saturated heterocycles. The molecule has 3 nitrogen and oxygen atoms in total. The Bertz CT molecular complexity index is 792. The summed E-state index contributed by atoms with van der Waals surface area (Å²) in [6.07, 6.45) is 1.78. The Morgan fingerprint density at radius 1 is 0.962 bits per heavy atom. The zero-order chi connectivity index (χ0) is 19.7. The van der Waals surface area contributed by atoms with Crippen molar-refractivity contribution < 1.29 is 5.11 Å². The number of benzene rings is 2. The van der Waals surface area contributed by atoms with E-state index >= 15 is 0 Å². The maximum atomic E-state index is 10.8. The summed E-state index contributed by atoms with van der Waals surface area (Å²) in [6.45, 7) is 14.6. The molecule has 0 radical (unpaired) electrons. The molecule has 0 saturated carbocycles. The first-order chi connectivity index (χ1) is 11.9. The molecule has 0 heterocycles. The molecule has 0 spiro atoms. The Morgan fingerprint density at radius 2 is 1.50 bits per heavy atom. The molecule has 4 heteroatoms. The van der Waals surface area contributed by atoms with Gasteiger partial charge in [-0.25, -0.2) is 0 Å². The summed E-state index contributed by atoms with van der Waals surface area (Å²) in [5.74, 6) is 0.375. The summed E-state index contributed by atoms with van der Waals surface area (Å²) < 4.78 is 0. The van der Waals surface area contributed by atoms with Gasteiger partial charge in [-0.1, -0.05) is 59.2 Å². The van der Waals surface area contributed by atoms with Crippen LogP contribution >= 0.6 is 11.6 Å². The second-order valence-corrected chi connectivity index (χ2v) is 9.21. The minimum Gasteiger partial charge on any atom is -0.507 e. The van der Waals surface area contributed by atoms with Crippen LogP contribution in [0.15, 0.2) is 35.4 Å². The second-order valence-electron chi connectivity index (χ2n) is 8.80. The van der Waals surface area contributed by atoms with Crippen LogP contribution < -0.4 is 5.43 Å². The molecule has 0 aromatic heterocycles. The van der Waals surface area contributed by atoms with Gasteiger partial charge in [0.2, 0.25) is 0 Å². The molecule has 2 aromatic rings. The number of aromatic hydroxyl groups is 1. The van der Waals surface area contributed by atoms with E-state index in [-0.39, 0.29) is 10.8 Å². The van der Waals surface area contributed by atoms with E-state index in [0.29, 0.717) is 10.8 Å². The number of hydrogen-bond acceptors (Lipinski definition) is 3. The van der Waals surface area contributed by atoms with Crippen LogP contribution in [0.25, 0.3) is 0 Å². The molecule has 140 valence electrons. The lowest BCUT2D eigenvalue weighted by molar-refractivity contribution is 0.423. The van der Waals surface area contributed by atoms with Crippen molar-refractivity contribution in [2.45, 2.75) is 59.3 Å². The van der Waals surface area contributed by atoms with E-state index in [4.69, 9.17) is 11.6 Å². The highest BCUT2D eigenvalue weighted by Gasteiger charge is 2.26. The summed E-state index contributed by atoms with van der Waals surface area (Å²) in [5, 5.41) is 15.8. The van der Waals surface area contributed by atoms with Crippen LogP contribution in [0.5, 0.6) is 5.75 Å². The number of halogens is 1. The Balaban J connectivity index is 2.37. The molecule has 2 rings (SSSR count). The van der Waals surface area contributed by atoms with Crippen molar-refractivity contribution in [2.24, 2.45) is 5.10 Å². The van der Waals surface area contributed by atoms with E-state index in [9.17, 15) is 5.11 Å². The van der Waals surface area contributed by atoms with Gasteiger partial charge < -0.3 is 5.11 Å². The Morgan fingerprint density at radius 3 is 1.96 bits per heavy atom. The van der Waals surface area contributed by atoms with Crippen molar-refractivity contribution >= 4 is 23.5 Å². The maximum absolute atomic E-state index is 10.8. The monoisotopic (exact) mass is 372 g/mol. The van der Waals surface area contributed by atoms with Gasteiger partial charge in [0.05, 0.1) is 11.9 Å². The molecule has 0 bridgehead atoms. The Kier molecular flexibility index (Phi) is 5.72. The highest BCUT2D eigenvalue weighted by molar-refractivity contribution is 6.31. The molecule has 0 aliphatic rings. The molecule has 0 aliphatic carbocycles. The minimum atomic E-state index is -0.161. The summed E-state index contributed by atoms with van der Waals surface area (Å²) in [5.41, 5.74) is 7.35. The van der Waals surface area contributed by atoms with Gasteiger partial charge in [0.15, 0.2) is 0 Å². The fraction of sp³-hybridized carbons (Fsp3) is 0.409. The van der Waals surface area contributed by atoms with Gasteiger partial charge in [0.25, 0.3) is 0 Å². The van der Waals surface area contributed by atoms with Crippen LogP contribution in [-0.2, 0) is 10.8 Å². The van der Waals surface area contributed by atoms with Crippen LogP contribution in [0.3, 0.4) is 0 Å². The second kappa shape index (κ2) is 7.32. The maximum Gasteiger partial charge on any atom is 0.123 e. The summed E-state index contributed by atoms with van der Waals surface area (Å²) >= 11 is 6.15. The van der Waals surface area contributed by atoms with E-state index in [0.717, 1.165) is 27.9 Å². The van der Waals surface area contributed by atoms with Crippen molar-refractivity contribution in [2.75, 3.05) is 5.43 Å². The van der Waals surface area contributed by atoms with Crippen LogP contribution in [0.4, 0.5) is 5.69 Å². The van der Waals surface area contributed by atoms with Gasteiger partial charge in [0.1, 0.15) is 5.75 Å². The summed E-state index contributed by atoms with van der Waals surface area (Å²) in [4.78, 5) is 0. The van der Waals surface area contributed by atoms with Crippen molar-refractivity contribution in [1.82, 2.24) is 0 Å². The van der Waals surface area contributed by atoms with Crippen LogP contribution in [0.1, 0.15) is 63.8 Å². The number of phenolic OH excluding ortho intramolecular Hbond substituents is 1. The third-order valence-electron chi connectivity index (χ3n) is 4.33. The van der Waals surface area contributed by atoms with Crippen LogP contribution in [0, 0.1) is 6.92 Å². The van der Waals surface area contributed by atoms with Gasteiger partial charge >= 0.3 is 0 Å².